The zero-order valence-corrected chi connectivity index (χ0v) is 22.1. The first-order chi connectivity index (χ1) is 18.8. The number of nitrogens with one attached hydrogen (secondary N) is 1. The fourth-order valence-electron chi connectivity index (χ4n) is 4.90. The summed E-state index contributed by atoms with van der Waals surface area (Å²) in [6, 6.07) is 37.6. The van der Waals surface area contributed by atoms with Crippen LogP contribution in [0.25, 0.3) is 0 Å². The summed E-state index contributed by atoms with van der Waals surface area (Å²) < 4.78 is 11.8. The molecule has 4 aromatic carbocycles. The van der Waals surface area contributed by atoms with Gasteiger partial charge in [-0.15, -0.1) is 0 Å². The average Bonchev–Trinajstić information content (AvgIpc) is 2.98. The van der Waals surface area contributed by atoms with Crippen molar-refractivity contribution in [3.8, 4) is 11.5 Å². The van der Waals surface area contributed by atoms with Gasteiger partial charge < -0.3 is 14.8 Å². The van der Waals surface area contributed by atoms with Crippen LogP contribution < -0.4 is 14.8 Å². The molecule has 4 nitrogen and oxygen atoms in total. The van der Waals surface area contributed by atoms with Gasteiger partial charge in [-0.3, -0.25) is 4.90 Å². The zero-order chi connectivity index (χ0) is 25.8. The Kier molecular flexibility index (Phi) is 9.45. The quantitative estimate of drug-likeness (QED) is 0.228. The van der Waals surface area contributed by atoms with Crippen molar-refractivity contribution in [3.05, 3.63) is 131 Å². The lowest BCUT2D eigenvalue weighted by molar-refractivity contribution is 0.175. The second-order valence-corrected chi connectivity index (χ2v) is 10.2. The molecule has 0 saturated carbocycles. The molecular weight excluding hydrogens is 468 g/mol. The van der Waals surface area contributed by atoms with Gasteiger partial charge in [-0.05, 0) is 84.9 Å². The first kappa shape index (κ1) is 26.0. The minimum Gasteiger partial charge on any atom is -0.489 e. The van der Waals surface area contributed by atoms with Crippen molar-refractivity contribution in [3.63, 3.8) is 0 Å². The van der Waals surface area contributed by atoms with E-state index in [0.29, 0.717) is 13.2 Å². The third kappa shape index (κ3) is 8.20. The molecule has 0 amide bonds. The highest BCUT2D eigenvalue weighted by Gasteiger charge is 2.19. The van der Waals surface area contributed by atoms with Crippen LogP contribution in [0.15, 0.2) is 109 Å². The molecule has 1 saturated heterocycles. The van der Waals surface area contributed by atoms with Crippen LogP contribution in [-0.2, 0) is 26.3 Å². The van der Waals surface area contributed by atoms with E-state index in [1.807, 2.05) is 36.4 Å². The molecule has 0 bridgehead atoms. The molecule has 1 heterocycles. The minimum absolute atomic E-state index is 0.603. The van der Waals surface area contributed by atoms with Crippen LogP contribution in [0.1, 0.15) is 35.1 Å². The number of hydrogen-bond acceptors (Lipinski definition) is 4. The van der Waals surface area contributed by atoms with Crippen LogP contribution in [0.5, 0.6) is 11.5 Å². The van der Waals surface area contributed by atoms with E-state index in [1.54, 1.807) is 0 Å². The van der Waals surface area contributed by atoms with Gasteiger partial charge in [0.15, 0.2) is 0 Å². The highest BCUT2D eigenvalue weighted by molar-refractivity contribution is 5.29. The lowest BCUT2D eigenvalue weighted by atomic mass is 9.96. The molecule has 1 fully saturated rings. The molecule has 0 aliphatic carbocycles. The van der Waals surface area contributed by atoms with E-state index in [-0.39, 0.29) is 0 Å². The standard InChI is InChI=1S/C34H38N2O2/c1-3-7-31(8-4-1)26-37-33-15-11-28(12-16-33)23-35-24-29-19-21-36(22-20-29)25-30-13-17-34(18-14-30)38-27-32-9-5-2-6-10-32/h1-18,29,35H,19-27H2. The van der Waals surface area contributed by atoms with Gasteiger partial charge in [0, 0.05) is 13.1 Å². The van der Waals surface area contributed by atoms with Gasteiger partial charge in [-0.25, -0.2) is 0 Å². The zero-order valence-electron chi connectivity index (χ0n) is 22.1. The van der Waals surface area contributed by atoms with Crippen LogP contribution >= 0.6 is 0 Å². The maximum Gasteiger partial charge on any atom is 0.119 e. The van der Waals surface area contributed by atoms with Crippen molar-refractivity contribution < 1.29 is 9.47 Å². The van der Waals surface area contributed by atoms with Crippen molar-refractivity contribution in [1.82, 2.24) is 10.2 Å². The molecule has 1 aliphatic heterocycles. The van der Waals surface area contributed by atoms with Crippen LogP contribution in [0.2, 0.25) is 0 Å². The minimum atomic E-state index is 0.603. The smallest absolute Gasteiger partial charge is 0.119 e. The fourth-order valence-corrected chi connectivity index (χ4v) is 4.90. The number of benzene rings is 4. The molecule has 1 aliphatic rings. The Bertz CT molecular complexity index is 1200. The van der Waals surface area contributed by atoms with Gasteiger partial charge in [0.25, 0.3) is 0 Å². The average molecular weight is 507 g/mol. The molecule has 1 N–H and O–H groups in total. The largest absolute Gasteiger partial charge is 0.489 e. The number of nitrogens with zero attached hydrogens (tertiary/aromatic N) is 1. The van der Waals surface area contributed by atoms with Crippen molar-refractivity contribution in [2.45, 2.75) is 39.1 Å². The van der Waals surface area contributed by atoms with Crippen LogP contribution in [0.3, 0.4) is 0 Å². The molecule has 0 radical (unpaired) electrons. The second-order valence-electron chi connectivity index (χ2n) is 10.2. The van der Waals surface area contributed by atoms with Crippen LogP contribution in [0.4, 0.5) is 0 Å². The van der Waals surface area contributed by atoms with Crippen LogP contribution in [-0.4, -0.2) is 24.5 Å². The topological polar surface area (TPSA) is 33.7 Å². The SMILES string of the molecule is c1ccc(COc2ccc(CNCC3CCN(Cc4ccc(OCc5ccccc5)cc4)CC3)cc2)cc1. The van der Waals surface area contributed by atoms with E-state index in [2.05, 4.69) is 83.0 Å². The molecule has 0 spiro atoms. The summed E-state index contributed by atoms with van der Waals surface area (Å²) >= 11 is 0. The first-order valence-corrected chi connectivity index (χ1v) is 13.7. The summed E-state index contributed by atoms with van der Waals surface area (Å²) in [5, 5.41) is 3.67. The fraction of sp³-hybridized carbons (Fsp3) is 0.294. The normalized spacial score (nSPS) is 14.3. The van der Waals surface area contributed by atoms with Crippen molar-refractivity contribution in [2.75, 3.05) is 19.6 Å². The van der Waals surface area contributed by atoms with Gasteiger partial charge in [0.1, 0.15) is 24.7 Å². The van der Waals surface area contributed by atoms with E-state index in [9.17, 15) is 0 Å². The third-order valence-electron chi connectivity index (χ3n) is 7.22. The Balaban J connectivity index is 0.964. The van der Waals surface area contributed by atoms with Gasteiger partial charge in [0.05, 0.1) is 0 Å². The van der Waals surface area contributed by atoms with Gasteiger partial charge in [-0.1, -0.05) is 84.9 Å². The van der Waals surface area contributed by atoms with E-state index in [1.165, 1.54) is 35.1 Å². The van der Waals surface area contributed by atoms with Gasteiger partial charge >= 0.3 is 0 Å². The maximum absolute atomic E-state index is 5.93. The Hall–Kier alpha value is -3.60. The predicted molar refractivity (Wildman–Crippen MR) is 154 cm³/mol. The molecule has 4 aromatic rings. The van der Waals surface area contributed by atoms with Gasteiger partial charge in [-0.2, -0.15) is 0 Å². The summed E-state index contributed by atoms with van der Waals surface area (Å²) in [4.78, 5) is 2.57. The first-order valence-electron chi connectivity index (χ1n) is 13.7. The summed E-state index contributed by atoms with van der Waals surface area (Å²) in [5.41, 5.74) is 5.03. The second kappa shape index (κ2) is 13.8. The van der Waals surface area contributed by atoms with E-state index in [4.69, 9.17) is 9.47 Å². The van der Waals surface area contributed by atoms with E-state index >= 15 is 0 Å². The third-order valence-corrected chi connectivity index (χ3v) is 7.22. The monoisotopic (exact) mass is 506 g/mol. The Morgan fingerprint density at radius 1 is 0.579 bits per heavy atom. The number of rotatable bonds is 12. The highest BCUT2D eigenvalue weighted by atomic mass is 16.5. The molecule has 4 heteroatoms. The number of ether oxygens (including phenoxy) is 2. The summed E-state index contributed by atoms with van der Waals surface area (Å²) in [6.45, 7) is 6.52. The van der Waals surface area contributed by atoms with Crippen molar-refractivity contribution in [2.24, 2.45) is 5.92 Å². The Labute approximate surface area is 227 Å². The molecule has 5 rings (SSSR count). The van der Waals surface area contributed by atoms with E-state index < -0.39 is 0 Å². The molecule has 38 heavy (non-hydrogen) atoms. The number of likely N-dealkylation sites (tertiary alicyclic amines) is 1. The highest BCUT2D eigenvalue weighted by Crippen LogP contribution is 2.21. The molecular formula is C34H38N2O2. The lowest BCUT2D eigenvalue weighted by Crippen LogP contribution is -2.36. The summed E-state index contributed by atoms with van der Waals surface area (Å²) in [6.07, 6.45) is 2.50. The molecule has 196 valence electrons. The Morgan fingerprint density at radius 3 is 1.61 bits per heavy atom. The number of hydrogen-bond donors (Lipinski definition) is 1. The van der Waals surface area contributed by atoms with Crippen molar-refractivity contribution >= 4 is 0 Å². The predicted octanol–water partition coefficient (Wildman–Crippen LogP) is 6.85. The van der Waals surface area contributed by atoms with Crippen LogP contribution in [0, 0.1) is 5.92 Å². The molecule has 0 aromatic heterocycles. The Morgan fingerprint density at radius 2 is 1.08 bits per heavy atom. The lowest BCUT2D eigenvalue weighted by Gasteiger charge is -2.32. The summed E-state index contributed by atoms with van der Waals surface area (Å²) in [7, 11) is 0. The maximum atomic E-state index is 5.93. The molecule has 0 unspecified atom stereocenters. The van der Waals surface area contributed by atoms with E-state index in [0.717, 1.165) is 50.1 Å². The summed E-state index contributed by atoms with van der Waals surface area (Å²) in [5.74, 6) is 2.59. The molecule has 0 atom stereocenters. The van der Waals surface area contributed by atoms with Gasteiger partial charge in [0.2, 0.25) is 0 Å². The number of piperidine rings is 1. The van der Waals surface area contributed by atoms with Crippen molar-refractivity contribution in [1.29, 1.82) is 0 Å².